The Kier molecular flexibility index (Phi) is 5.40. The van der Waals surface area contributed by atoms with Gasteiger partial charge in [-0.3, -0.25) is 4.90 Å². The maximum atomic E-state index is 13.9. The molecule has 0 spiro atoms. The number of hydrogen-bond acceptors (Lipinski definition) is 3. The predicted octanol–water partition coefficient (Wildman–Crippen LogP) is 3.91. The second kappa shape index (κ2) is 8.09. The zero-order valence-corrected chi connectivity index (χ0v) is 15.3. The second-order valence-corrected chi connectivity index (χ2v) is 7.27. The number of benzene rings is 2. The van der Waals surface area contributed by atoms with Gasteiger partial charge in [0.2, 0.25) is 0 Å². The van der Waals surface area contributed by atoms with Gasteiger partial charge >= 0.3 is 0 Å². The van der Waals surface area contributed by atoms with E-state index in [9.17, 15) is 4.39 Å². The molecule has 3 nitrogen and oxygen atoms in total. The Balaban J connectivity index is 1.18. The van der Waals surface area contributed by atoms with Crippen molar-refractivity contribution in [2.75, 3.05) is 44.2 Å². The van der Waals surface area contributed by atoms with E-state index < -0.39 is 0 Å². The maximum Gasteiger partial charge on any atom is 0.146 e. The SMILES string of the molecule is Fc1ccccc1N1CCN(CCCOc2ccc3c(c2)CCC3)CC1. The highest BCUT2D eigenvalue weighted by atomic mass is 19.1. The molecule has 26 heavy (non-hydrogen) atoms. The quantitative estimate of drug-likeness (QED) is 0.732. The van der Waals surface area contributed by atoms with Gasteiger partial charge in [-0.05, 0) is 61.1 Å². The van der Waals surface area contributed by atoms with Crippen LogP contribution in [0.5, 0.6) is 5.75 Å². The lowest BCUT2D eigenvalue weighted by Crippen LogP contribution is -2.47. The van der Waals surface area contributed by atoms with Crippen LogP contribution in [0.25, 0.3) is 0 Å². The summed E-state index contributed by atoms with van der Waals surface area (Å²) in [4.78, 5) is 4.59. The van der Waals surface area contributed by atoms with E-state index in [1.165, 1.54) is 36.5 Å². The first kappa shape index (κ1) is 17.3. The van der Waals surface area contributed by atoms with E-state index in [4.69, 9.17) is 4.74 Å². The number of fused-ring (bicyclic) bond motifs is 1. The lowest BCUT2D eigenvalue weighted by atomic mass is 10.1. The number of para-hydroxylation sites is 1. The minimum atomic E-state index is -0.122. The summed E-state index contributed by atoms with van der Waals surface area (Å²) in [5, 5.41) is 0. The van der Waals surface area contributed by atoms with Crippen LogP contribution in [-0.4, -0.2) is 44.2 Å². The van der Waals surface area contributed by atoms with Crippen LogP contribution in [0.3, 0.4) is 0 Å². The molecule has 1 fully saturated rings. The normalized spacial score (nSPS) is 17.3. The van der Waals surface area contributed by atoms with Crippen molar-refractivity contribution < 1.29 is 9.13 Å². The third-order valence-electron chi connectivity index (χ3n) is 5.52. The van der Waals surface area contributed by atoms with Crippen LogP contribution < -0.4 is 9.64 Å². The van der Waals surface area contributed by atoms with Crippen LogP contribution in [0, 0.1) is 5.82 Å². The molecule has 0 unspecified atom stereocenters. The summed E-state index contributed by atoms with van der Waals surface area (Å²) in [5.74, 6) is 0.888. The first-order valence-electron chi connectivity index (χ1n) is 9.76. The van der Waals surface area contributed by atoms with Crippen molar-refractivity contribution in [3.8, 4) is 5.75 Å². The van der Waals surface area contributed by atoms with E-state index in [1.54, 1.807) is 6.07 Å². The minimum Gasteiger partial charge on any atom is -0.494 e. The van der Waals surface area contributed by atoms with E-state index in [1.807, 2.05) is 12.1 Å². The average molecular weight is 354 g/mol. The highest BCUT2D eigenvalue weighted by Crippen LogP contribution is 2.26. The lowest BCUT2D eigenvalue weighted by Gasteiger charge is -2.36. The van der Waals surface area contributed by atoms with E-state index >= 15 is 0 Å². The van der Waals surface area contributed by atoms with Crippen LogP contribution in [0.1, 0.15) is 24.0 Å². The summed E-state index contributed by atoms with van der Waals surface area (Å²) in [6.07, 6.45) is 4.71. The van der Waals surface area contributed by atoms with Crippen LogP contribution in [0.15, 0.2) is 42.5 Å². The molecule has 4 heteroatoms. The van der Waals surface area contributed by atoms with Gasteiger partial charge in [0.25, 0.3) is 0 Å². The number of halogens is 1. The molecule has 1 saturated heterocycles. The third kappa shape index (κ3) is 4.01. The number of hydrogen-bond donors (Lipinski definition) is 0. The standard InChI is InChI=1S/C22H27FN2O/c23-21-7-1-2-8-22(21)25-14-12-24(13-15-25)11-4-16-26-20-10-9-18-5-3-6-19(18)17-20/h1-2,7-10,17H,3-6,11-16H2. The van der Waals surface area contributed by atoms with Crippen molar-refractivity contribution in [3.63, 3.8) is 0 Å². The first-order chi connectivity index (χ1) is 12.8. The molecule has 0 radical (unpaired) electrons. The van der Waals surface area contributed by atoms with Crippen molar-refractivity contribution in [1.29, 1.82) is 0 Å². The molecular formula is C22H27FN2O. The van der Waals surface area contributed by atoms with Gasteiger partial charge in [0.05, 0.1) is 12.3 Å². The van der Waals surface area contributed by atoms with Gasteiger partial charge in [-0.15, -0.1) is 0 Å². The van der Waals surface area contributed by atoms with E-state index in [-0.39, 0.29) is 5.82 Å². The molecule has 1 aliphatic carbocycles. The predicted molar refractivity (Wildman–Crippen MR) is 104 cm³/mol. The summed E-state index contributed by atoms with van der Waals surface area (Å²) in [6, 6.07) is 13.6. The monoisotopic (exact) mass is 354 g/mol. The van der Waals surface area contributed by atoms with Gasteiger partial charge in [-0.1, -0.05) is 18.2 Å². The molecule has 0 aromatic heterocycles. The topological polar surface area (TPSA) is 15.7 Å². The molecule has 2 aromatic rings. The van der Waals surface area contributed by atoms with Gasteiger partial charge in [0.15, 0.2) is 0 Å². The molecule has 0 N–H and O–H groups in total. The van der Waals surface area contributed by atoms with Crippen LogP contribution in [0.4, 0.5) is 10.1 Å². The number of aryl methyl sites for hydroxylation is 2. The smallest absolute Gasteiger partial charge is 0.146 e. The summed E-state index contributed by atoms with van der Waals surface area (Å²) < 4.78 is 19.8. The number of rotatable bonds is 6. The fourth-order valence-electron chi connectivity index (χ4n) is 4.04. The summed E-state index contributed by atoms with van der Waals surface area (Å²) in [7, 11) is 0. The molecule has 1 aliphatic heterocycles. The Morgan fingerprint density at radius 3 is 2.58 bits per heavy atom. The van der Waals surface area contributed by atoms with Crippen molar-refractivity contribution in [1.82, 2.24) is 4.90 Å². The second-order valence-electron chi connectivity index (χ2n) is 7.27. The fraction of sp³-hybridized carbons (Fsp3) is 0.455. The van der Waals surface area contributed by atoms with Crippen molar-refractivity contribution in [2.45, 2.75) is 25.7 Å². The largest absolute Gasteiger partial charge is 0.494 e. The number of nitrogens with zero attached hydrogens (tertiary/aromatic N) is 2. The number of ether oxygens (including phenoxy) is 1. The van der Waals surface area contributed by atoms with Crippen LogP contribution in [-0.2, 0) is 12.8 Å². The van der Waals surface area contributed by atoms with E-state index in [0.717, 1.165) is 57.2 Å². The molecule has 0 atom stereocenters. The Labute approximate surface area is 155 Å². The summed E-state index contributed by atoms with van der Waals surface area (Å²) in [6.45, 7) is 5.52. The van der Waals surface area contributed by atoms with E-state index in [2.05, 4.69) is 28.0 Å². The Morgan fingerprint density at radius 2 is 1.73 bits per heavy atom. The molecule has 4 rings (SSSR count). The molecule has 138 valence electrons. The highest BCUT2D eigenvalue weighted by molar-refractivity contribution is 5.48. The van der Waals surface area contributed by atoms with Gasteiger partial charge in [-0.25, -0.2) is 4.39 Å². The van der Waals surface area contributed by atoms with Gasteiger partial charge in [0.1, 0.15) is 11.6 Å². The molecular weight excluding hydrogens is 327 g/mol. The zero-order chi connectivity index (χ0) is 17.8. The molecule has 2 aliphatic rings. The Bertz CT molecular complexity index is 741. The van der Waals surface area contributed by atoms with Gasteiger partial charge in [-0.2, -0.15) is 0 Å². The lowest BCUT2D eigenvalue weighted by molar-refractivity contribution is 0.224. The van der Waals surface area contributed by atoms with Crippen molar-refractivity contribution >= 4 is 5.69 Å². The van der Waals surface area contributed by atoms with Crippen LogP contribution in [0.2, 0.25) is 0 Å². The van der Waals surface area contributed by atoms with Gasteiger partial charge in [0, 0.05) is 32.7 Å². The fourth-order valence-corrected chi connectivity index (χ4v) is 4.04. The molecule has 2 aromatic carbocycles. The summed E-state index contributed by atoms with van der Waals surface area (Å²) in [5.41, 5.74) is 3.68. The van der Waals surface area contributed by atoms with Gasteiger partial charge < -0.3 is 9.64 Å². The maximum absolute atomic E-state index is 13.9. The van der Waals surface area contributed by atoms with Crippen molar-refractivity contribution in [2.24, 2.45) is 0 Å². The minimum absolute atomic E-state index is 0.122. The van der Waals surface area contributed by atoms with Crippen LogP contribution >= 0.6 is 0 Å². The van der Waals surface area contributed by atoms with Crippen molar-refractivity contribution in [3.05, 3.63) is 59.4 Å². The van der Waals surface area contributed by atoms with E-state index in [0.29, 0.717) is 0 Å². The molecule has 0 amide bonds. The Morgan fingerprint density at radius 1 is 0.923 bits per heavy atom. The molecule has 0 saturated carbocycles. The summed E-state index contributed by atoms with van der Waals surface area (Å²) >= 11 is 0. The Hall–Kier alpha value is -2.07. The zero-order valence-electron chi connectivity index (χ0n) is 15.3. The third-order valence-corrected chi connectivity index (χ3v) is 5.52. The molecule has 0 bridgehead atoms. The first-order valence-corrected chi connectivity index (χ1v) is 9.76. The molecule has 1 heterocycles. The number of piperazine rings is 1. The number of anilines is 1. The highest BCUT2D eigenvalue weighted by Gasteiger charge is 2.18. The average Bonchev–Trinajstić information content (AvgIpc) is 3.14.